The number of carbonyl (C=O) groups excluding carboxylic acids is 1. The highest BCUT2D eigenvalue weighted by Crippen LogP contribution is 2.29. The Balaban J connectivity index is 2.20. The SMILES string of the molecule is Cc1ccc(OC(F)F)c(NC(=O)Cn2nc([N+](=O)[O-])c(Br)c2C)c1. The maximum absolute atomic E-state index is 12.4. The topological polar surface area (TPSA) is 99.3 Å². The summed E-state index contributed by atoms with van der Waals surface area (Å²) in [7, 11) is 0. The van der Waals surface area contributed by atoms with E-state index in [4.69, 9.17) is 0 Å². The first kappa shape index (κ1) is 18.8. The van der Waals surface area contributed by atoms with Crippen LogP contribution in [0.2, 0.25) is 0 Å². The number of benzene rings is 1. The first-order valence-electron chi connectivity index (χ1n) is 6.91. The van der Waals surface area contributed by atoms with Gasteiger partial charge in [-0.3, -0.25) is 4.79 Å². The maximum Gasteiger partial charge on any atom is 0.404 e. The molecular formula is C14H13BrF2N4O4. The summed E-state index contributed by atoms with van der Waals surface area (Å²) >= 11 is 3.05. The third-order valence-corrected chi connectivity index (χ3v) is 4.14. The second-order valence-electron chi connectivity index (χ2n) is 5.06. The molecule has 0 aliphatic heterocycles. The van der Waals surface area contributed by atoms with Crippen molar-refractivity contribution in [2.45, 2.75) is 27.0 Å². The van der Waals surface area contributed by atoms with Crippen LogP contribution in [0.25, 0.3) is 0 Å². The minimum atomic E-state index is -3.04. The van der Waals surface area contributed by atoms with Gasteiger partial charge in [-0.15, -0.1) is 0 Å². The molecule has 1 aromatic carbocycles. The minimum Gasteiger partial charge on any atom is -0.433 e. The summed E-state index contributed by atoms with van der Waals surface area (Å²) in [6.07, 6.45) is 0. The first-order chi connectivity index (χ1) is 11.7. The molecule has 1 N–H and O–H groups in total. The van der Waals surface area contributed by atoms with E-state index in [0.29, 0.717) is 5.69 Å². The Hall–Kier alpha value is -2.56. The Kier molecular flexibility index (Phi) is 5.67. The Morgan fingerprint density at radius 2 is 2.16 bits per heavy atom. The molecule has 0 bridgehead atoms. The fraction of sp³-hybridized carbons (Fsp3) is 0.286. The summed E-state index contributed by atoms with van der Waals surface area (Å²) in [6.45, 7) is -0.0966. The number of ether oxygens (including phenoxy) is 1. The smallest absolute Gasteiger partial charge is 0.404 e. The van der Waals surface area contributed by atoms with Gasteiger partial charge in [0.1, 0.15) is 16.8 Å². The van der Waals surface area contributed by atoms with E-state index in [9.17, 15) is 23.7 Å². The number of aromatic nitrogens is 2. The molecule has 1 heterocycles. The molecule has 2 rings (SSSR count). The molecule has 0 saturated carbocycles. The molecule has 0 unspecified atom stereocenters. The van der Waals surface area contributed by atoms with Crippen molar-refractivity contribution in [3.8, 4) is 5.75 Å². The van der Waals surface area contributed by atoms with Crippen molar-refractivity contribution in [3.05, 3.63) is 44.0 Å². The largest absolute Gasteiger partial charge is 0.433 e. The minimum absolute atomic E-state index is 0.0728. The molecule has 0 spiro atoms. The molecule has 11 heteroatoms. The van der Waals surface area contributed by atoms with Crippen molar-refractivity contribution in [2.75, 3.05) is 5.32 Å². The second-order valence-corrected chi connectivity index (χ2v) is 5.86. The van der Waals surface area contributed by atoms with Gasteiger partial charge in [0.05, 0.1) is 16.5 Å². The molecule has 0 saturated heterocycles. The number of nitro groups is 1. The Bertz CT molecular complexity index is 825. The number of hydrogen-bond acceptors (Lipinski definition) is 5. The maximum atomic E-state index is 12.4. The van der Waals surface area contributed by atoms with Crippen LogP contribution < -0.4 is 10.1 Å². The first-order valence-corrected chi connectivity index (χ1v) is 7.71. The van der Waals surface area contributed by atoms with Crippen LogP contribution >= 0.6 is 15.9 Å². The van der Waals surface area contributed by atoms with Crippen LogP contribution in [-0.4, -0.2) is 27.2 Å². The lowest BCUT2D eigenvalue weighted by Crippen LogP contribution is -2.21. The van der Waals surface area contributed by atoms with E-state index in [1.807, 2.05) is 0 Å². The molecule has 1 amide bonds. The van der Waals surface area contributed by atoms with Crippen LogP contribution in [0.1, 0.15) is 11.3 Å². The lowest BCUT2D eigenvalue weighted by atomic mass is 10.2. The van der Waals surface area contributed by atoms with Crippen LogP contribution in [0.5, 0.6) is 5.75 Å². The highest BCUT2D eigenvalue weighted by atomic mass is 79.9. The standard InChI is InChI=1S/C14H13BrF2N4O4/c1-7-3-4-10(25-14(16)17)9(5-7)18-11(22)6-20-8(2)12(15)13(19-20)21(23)24/h3-5,14H,6H2,1-2H3,(H,18,22). The van der Waals surface area contributed by atoms with Crippen molar-refractivity contribution in [2.24, 2.45) is 0 Å². The van der Waals surface area contributed by atoms with Gasteiger partial charge in [-0.1, -0.05) is 6.07 Å². The van der Waals surface area contributed by atoms with Crippen molar-refractivity contribution in [1.29, 1.82) is 0 Å². The number of nitrogens with zero attached hydrogens (tertiary/aromatic N) is 3. The van der Waals surface area contributed by atoms with Crippen molar-refractivity contribution >= 4 is 33.3 Å². The molecule has 0 atom stereocenters. The van der Waals surface area contributed by atoms with E-state index in [0.717, 1.165) is 10.2 Å². The molecule has 8 nitrogen and oxygen atoms in total. The lowest BCUT2D eigenvalue weighted by molar-refractivity contribution is -0.390. The van der Waals surface area contributed by atoms with Crippen molar-refractivity contribution in [1.82, 2.24) is 9.78 Å². The van der Waals surface area contributed by atoms with Gasteiger partial charge in [-0.25, -0.2) is 0 Å². The van der Waals surface area contributed by atoms with E-state index in [1.165, 1.54) is 12.1 Å². The summed E-state index contributed by atoms with van der Waals surface area (Å²) in [6, 6.07) is 4.35. The fourth-order valence-electron chi connectivity index (χ4n) is 2.04. The zero-order valence-electron chi connectivity index (χ0n) is 13.1. The average Bonchev–Trinajstić information content (AvgIpc) is 2.78. The predicted molar refractivity (Wildman–Crippen MR) is 87.8 cm³/mol. The van der Waals surface area contributed by atoms with Gasteiger partial charge in [-0.05, 0) is 52.4 Å². The van der Waals surface area contributed by atoms with Crippen LogP contribution in [0, 0.1) is 24.0 Å². The summed E-state index contributed by atoms with van der Waals surface area (Å²) in [5.41, 5.74) is 1.18. The molecule has 134 valence electrons. The Morgan fingerprint density at radius 3 is 2.72 bits per heavy atom. The predicted octanol–water partition coefficient (Wildman–Crippen LogP) is 3.41. The summed E-state index contributed by atoms with van der Waals surface area (Å²) < 4.78 is 30.6. The number of alkyl halides is 2. The van der Waals surface area contributed by atoms with Crippen molar-refractivity contribution < 1.29 is 23.2 Å². The average molecular weight is 419 g/mol. The fourth-order valence-corrected chi connectivity index (χ4v) is 2.47. The van der Waals surface area contributed by atoms with E-state index in [1.54, 1.807) is 19.9 Å². The van der Waals surface area contributed by atoms with E-state index >= 15 is 0 Å². The Labute approximate surface area is 149 Å². The van der Waals surface area contributed by atoms with Gasteiger partial charge in [-0.2, -0.15) is 13.5 Å². The molecule has 0 aliphatic rings. The van der Waals surface area contributed by atoms with Crippen LogP contribution in [0.3, 0.4) is 0 Å². The van der Waals surface area contributed by atoms with Gasteiger partial charge >= 0.3 is 12.4 Å². The normalized spacial score (nSPS) is 10.8. The number of rotatable bonds is 6. The monoisotopic (exact) mass is 418 g/mol. The zero-order chi connectivity index (χ0) is 18.7. The van der Waals surface area contributed by atoms with Gasteiger partial charge < -0.3 is 20.2 Å². The number of aryl methyl sites for hydroxylation is 1. The number of hydrogen-bond donors (Lipinski definition) is 1. The number of anilines is 1. The van der Waals surface area contributed by atoms with E-state index in [-0.39, 0.29) is 22.5 Å². The van der Waals surface area contributed by atoms with Crippen LogP contribution in [0.15, 0.2) is 22.7 Å². The zero-order valence-corrected chi connectivity index (χ0v) is 14.7. The third-order valence-electron chi connectivity index (χ3n) is 3.21. The number of nitrogens with one attached hydrogen (secondary N) is 1. The third kappa shape index (κ3) is 4.50. The summed E-state index contributed by atoms with van der Waals surface area (Å²) in [5, 5.41) is 17.0. The lowest BCUT2D eigenvalue weighted by Gasteiger charge is -2.12. The van der Waals surface area contributed by atoms with Crippen LogP contribution in [0.4, 0.5) is 20.3 Å². The molecule has 0 aliphatic carbocycles. The highest BCUT2D eigenvalue weighted by molar-refractivity contribution is 9.10. The molecule has 2 aromatic rings. The molecular weight excluding hydrogens is 406 g/mol. The molecule has 25 heavy (non-hydrogen) atoms. The quantitative estimate of drug-likeness (QED) is 0.572. The summed E-state index contributed by atoms with van der Waals surface area (Å²) in [4.78, 5) is 22.4. The van der Waals surface area contributed by atoms with Crippen molar-refractivity contribution in [3.63, 3.8) is 0 Å². The van der Waals surface area contributed by atoms with Gasteiger partial charge in [0.15, 0.2) is 0 Å². The molecule has 1 aromatic heterocycles. The van der Waals surface area contributed by atoms with Gasteiger partial charge in [0.25, 0.3) is 0 Å². The van der Waals surface area contributed by atoms with Gasteiger partial charge in [0.2, 0.25) is 5.91 Å². The number of halogens is 3. The molecule has 0 fully saturated rings. The number of amides is 1. The summed E-state index contributed by atoms with van der Waals surface area (Å²) in [5.74, 6) is -1.20. The van der Waals surface area contributed by atoms with Crippen LogP contribution in [-0.2, 0) is 11.3 Å². The highest BCUT2D eigenvalue weighted by Gasteiger charge is 2.24. The number of carbonyl (C=O) groups is 1. The van der Waals surface area contributed by atoms with Gasteiger partial charge in [0, 0.05) is 0 Å². The Morgan fingerprint density at radius 1 is 1.48 bits per heavy atom. The second kappa shape index (κ2) is 7.55. The molecule has 0 radical (unpaired) electrons. The van der Waals surface area contributed by atoms with E-state index < -0.39 is 23.3 Å². The van der Waals surface area contributed by atoms with E-state index in [2.05, 4.69) is 31.1 Å².